The predicted molar refractivity (Wildman–Crippen MR) is 112 cm³/mol. The maximum absolute atomic E-state index is 11.0. The highest BCUT2D eigenvalue weighted by atomic mass is 32.1. The van der Waals surface area contributed by atoms with E-state index in [9.17, 15) is 10.2 Å². The van der Waals surface area contributed by atoms with E-state index in [0.717, 1.165) is 54.6 Å². The highest BCUT2D eigenvalue weighted by Gasteiger charge is 2.31. The minimum Gasteiger partial charge on any atom is -0.497 e. The average Bonchev–Trinajstić information content (AvgIpc) is 3.29. The van der Waals surface area contributed by atoms with Crippen molar-refractivity contribution in [1.29, 1.82) is 0 Å². The van der Waals surface area contributed by atoms with Gasteiger partial charge in [-0.05, 0) is 17.7 Å². The van der Waals surface area contributed by atoms with E-state index in [1.165, 1.54) is 11.3 Å². The standard InChI is InChI=1S/C20H27N5O3S/c1-3-16-21-20-25(22-16)19(27)18(29-20)17(14-4-6-15(28-2)7-5-14)24-10-8-23(9-11-24)12-13-26/h4-7,17,26-27H,3,8-13H2,1-2H3/t17-/m1/s1. The van der Waals surface area contributed by atoms with Gasteiger partial charge in [-0.2, -0.15) is 4.52 Å². The van der Waals surface area contributed by atoms with Crippen LogP contribution in [0.3, 0.4) is 0 Å². The summed E-state index contributed by atoms with van der Waals surface area (Å²) in [6, 6.07) is 7.92. The first-order valence-corrected chi connectivity index (χ1v) is 10.7. The van der Waals surface area contributed by atoms with Crippen molar-refractivity contribution in [3.05, 3.63) is 40.5 Å². The molecule has 0 spiro atoms. The number of aliphatic hydroxyl groups excluding tert-OH is 1. The molecule has 0 saturated carbocycles. The third-order valence-electron chi connectivity index (χ3n) is 5.43. The highest BCUT2D eigenvalue weighted by molar-refractivity contribution is 7.17. The van der Waals surface area contributed by atoms with Gasteiger partial charge in [-0.15, -0.1) is 5.10 Å². The van der Waals surface area contributed by atoms with Crippen molar-refractivity contribution in [2.24, 2.45) is 0 Å². The number of piperazine rings is 1. The van der Waals surface area contributed by atoms with Crippen LogP contribution in [0, 0.1) is 0 Å². The van der Waals surface area contributed by atoms with Crippen LogP contribution in [0.5, 0.6) is 11.6 Å². The van der Waals surface area contributed by atoms with Crippen LogP contribution in [0.15, 0.2) is 24.3 Å². The Morgan fingerprint density at radius 2 is 1.90 bits per heavy atom. The molecule has 3 aromatic rings. The van der Waals surface area contributed by atoms with Crippen molar-refractivity contribution in [2.75, 3.05) is 46.4 Å². The molecule has 4 rings (SSSR count). The zero-order chi connectivity index (χ0) is 20.4. The SMILES string of the molecule is CCc1nc2sc([C@@H](c3ccc(OC)cc3)N3CCN(CCO)CC3)c(O)n2n1. The van der Waals surface area contributed by atoms with Crippen LogP contribution >= 0.6 is 11.3 Å². The van der Waals surface area contributed by atoms with E-state index in [4.69, 9.17) is 4.74 Å². The number of aromatic nitrogens is 3. The van der Waals surface area contributed by atoms with E-state index in [2.05, 4.69) is 32.0 Å². The Hall–Kier alpha value is -2.20. The molecule has 2 aromatic heterocycles. The topological polar surface area (TPSA) is 86.4 Å². The van der Waals surface area contributed by atoms with Crippen molar-refractivity contribution in [2.45, 2.75) is 19.4 Å². The van der Waals surface area contributed by atoms with Crippen molar-refractivity contribution >= 4 is 16.3 Å². The summed E-state index contributed by atoms with van der Waals surface area (Å²) in [6.07, 6.45) is 0.734. The Labute approximate surface area is 174 Å². The summed E-state index contributed by atoms with van der Waals surface area (Å²) >= 11 is 1.49. The molecule has 2 N–H and O–H groups in total. The van der Waals surface area contributed by atoms with Gasteiger partial charge in [0.2, 0.25) is 10.8 Å². The Balaban J connectivity index is 1.70. The maximum atomic E-state index is 11.0. The molecule has 1 saturated heterocycles. The second-order valence-electron chi connectivity index (χ2n) is 7.14. The van der Waals surface area contributed by atoms with Crippen LogP contribution in [0.1, 0.15) is 29.2 Å². The molecule has 0 amide bonds. The van der Waals surface area contributed by atoms with Crippen molar-refractivity contribution in [3.63, 3.8) is 0 Å². The van der Waals surface area contributed by atoms with Gasteiger partial charge in [-0.3, -0.25) is 9.80 Å². The molecular weight excluding hydrogens is 390 g/mol. The van der Waals surface area contributed by atoms with E-state index in [-0.39, 0.29) is 18.5 Å². The molecule has 1 fully saturated rings. The molecule has 156 valence electrons. The summed E-state index contributed by atoms with van der Waals surface area (Å²) in [5.74, 6) is 1.70. The molecule has 1 aliphatic rings. The van der Waals surface area contributed by atoms with E-state index < -0.39 is 0 Å². The van der Waals surface area contributed by atoms with E-state index in [1.54, 1.807) is 11.6 Å². The van der Waals surface area contributed by atoms with Crippen LogP contribution in [0.2, 0.25) is 0 Å². The second-order valence-corrected chi connectivity index (χ2v) is 8.15. The number of fused-ring (bicyclic) bond motifs is 1. The van der Waals surface area contributed by atoms with Crippen LogP contribution in [-0.2, 0) is 6.42 Å². The third kappa shape index (κ3) is 3.95. The first kappa shape index (κ1) is 20.1. The number of benzene rings is 1. The summed E-state index contributed by atoms with van der Waals surface area (Å²) in [7, 11) is 1.66. The number of hydrogen-bond acceptors (Lipinski definition) is 8. The fourth-order valence-corrected chi connectivity index (χ4v) is 4.96. The molecule has 29 heavy (non-hydrogen) atoms. The number of methoxy groups -OCH3 is 1. The van der Waals surface area contributed by atoms with Crippen LogP contribution < -0.4 is 4.74 Å². The number of aliphatic hydroxyl groups is 1. The quantitative estimate of drug-likeness (QED) is 0.606. The molecular formula is C20H27N5O3S. The number of ether oxygens (including phenoxy) is 1. The maximum Gasteiger partial charge on any atom is 0.230 e. The Bertz CT molecular complexity index is 947. The van der Waals surface area contributed by atoms with Gasteiger partial charge in [0.15, 0.2) is 5.82 Å². The minimum absolute atomic E-state index is 0.0873. The molecule has 1 aromatic carbocycles. The monoisotopic (exact) mass is 417 g/mol. The minimum atomic E-state index is -0.0873. The number of rotatable bonds is 7. The molecule has 8 nitrogen and oxygen atoms in total. The fraction of sp³-hybridized carbons (Fsp3) is 0.500. The predicted octanol–water partition coefficient (Wildman–Crippen LogP) is 1.77. The van der Waals surface area contributed by atoms with Gasteiger partial charge in [0.05, 0.1) is 24.6 Å². The molecule has 9 heteroatoms. The molecule has 0 bridgehead atoms. The normalized spacial score (nSPS) is 17.1. The zero-order valence-electron chi connectivity index (χ0n) is 16.8. The lowest BCUT2D eigenvalue weighted by Gasteiger charge is -2.39. The zero-order valence-corrected chi connectivity index (χ0v) is 17.6. The summed E-state index contributed by atoms with van der Waals surface area (Å²) in [5, 5.41) is 24.6. The lowest BCUT2D eigenvalue weighted by molar-refractivity contribution is 0.0945. The van der Waals surface area contributed by atoms with E-state index in [1.807, 2.05) is 19.1 Å². The van der Waals surface area contributed by atoms with Crippen molar-refractivity contribution < 1.29 is 14.9 Å². The number of hydrogen-bond donors (Lipinski definition) is 2. The molecule has 0 aliphatic carbocycles. The fourth-order valence-electron chi connectivity index (χ4n) is 3.82. The molecule has 3 heterocycles. The average molecular weight is 418 g/mol. The van der Waals surface area contributed by atoms with E-state index in [0.29, 0.717) is 11.5 Å². The second kappa shape index (κ2) is 8.66. The summed E-state index contributed by atoms with van der Waals surface area (Å²) in [5.41, 5.74) is 1.09. The number of aromatic hydroxyl groups is 1. The summed E-state index contributed by atoms with van der Waals surface area (Å²) in [6.45, 7) is 6.35. The summed E-state index contributed by atoms with van der Waals surface area (Å²) in [4.78, 5) is 10.7. The van der Waals surface area contributed by atoms with Gasteiger partial charge < -0.3 is 14.9 Å². The lowest BCUT2D eigenvalue weighted by Crippen LogP contribution is -2.48. The van der Waals surface area contributed by atoms with Crippen LogP contribution in [-0.4, -0.2) is 81.1 Å². The number of nitrogens with zero attached hydrogens (tertiary/aromatic N) is 5. The van der Waals surface area contributed by atoms with Gasteiger partial charge in [0, 0.05) is 39.1 Å². The smallest absolute Gasteiger partial charge is 0.230 e. The lowest BCUT2D eigenvalue weighted by atomic mass is 10.0. The Morgan fingerprint density at radius 1 is 1.17 bits per heavy atom. The van der Waals surface area contributed by atoms with Crippen LogP contribution in [0.25, 0.3) is 4.96 Å². The Morgan fingerprint density at radius 3 is 2.48 bits per heavy atom. The van der Waals surface area contributed by atoms with Gasteiger partial charge in [0.1, 0.15) is 5.75 Å². The summed E-state index contributed by atoms with van der Waals surface area (Å²) < 4.78 is 6.86. The van der Waals surface area contributed by atoms with Gasteiger partial charge in [-0.1, -0.05) is 30.4 Å². The largest absolute Gasteiger partial charge is 0.497 e. The van der Waals surface area contributed by atoms with Gasteiger partial charge >= 0.3 is 0 Å². The number of thiazole rings is 1. The molecule has 1 aliphatic heterocycles. The third-order valence-corrected chi connectivity index (χ3v) is 6.50. The first-order chi connectivity index (χ1) is 14.1. The van der Waals surface area contributed by atoms with Crippen LogP contribution in [0.4, 0.5) is 0 Å². The van der Waals surface area contributed by atoms with Crippen molar-refractivity contribution in [3.8, 4) is 11.6 Å². The molecule has 1 atom stereocenters. The number of β-amino-alcohol motifs (C(OH)–C–C–N with tert-alkyl or cyclic N) is 1. The first-order valence-electron chi connectivity index (χ1n) is 9.93. The Kier molecular flexibility index (Phi) is 6.00. The van der Waals surface area contributed by atoms with E-state index >= 15 is 0 Å². The number of aryl methyl sites for hydroxylation is 1. The van der Waals surface area contributed by atoms with Crippen molar-refractivity contribution in [1.82, 2.24) is 24.4 Å². The highest BCUT2D eigenvalue weighted by Crippen LogP contribution is 2.40. The molecule has 0 unspecified atom stereocenters. The van der Waals surface area contributed by atoms with Gasteiger partial charge in [0.25, 0.3) is 0 Å². The van der Waals surface area contributed by atoms with Gasteiger partial charge in [-0.25, -0.2) is 4.98 Å². The molecule has 0 radical (unpaired) electrons.